The van der Waals surface area contributed by atoms with Gasteiger partial charge in [-0.2, -0.15) is 0 Å². The van der Waals surface area contributed by atoms with Gasteiger partial charge in [0.1, 0.15) is 18.1 Å². The van der Waals surface area contributed by atoms with Crippen molar-refractivity contribution in [2.24, 2.45) is 0 Å². The number of likely N-dealkylation sites (tertiary alicyclic amines) is 1. The van der Waals surface area contributed by atoms with Crippen molar-refractivity contribution in [3.63, 3.8) is 0 Å². The van der Waals surface area contributed by atoms with Crippen LogP contribution in [0.2, 0.25) is 0 Å². The summed E-state index contributed by atoms with van der Waals surface area (Å²) in [4.78, 5) is 2.46. The van der Waals surface area contributed by atoms with Crippen molar-refractivity contribution in [2.45, 2.75) is 31.0 Å². The number of fused-ring (bicyclic) bond motifs is 1. The molecule has 1 saturated heterocycles. The van der Waals surface area contributed by atoms with Gasteiger partial charge in [-0.1, -0.05) is 60.7 Å². The van der Waals surface area contributed by atoms with Gasteiger partial charge in [0.2, 0.25) is 6.29 Å². The Morgan fingerprint density at radius 1 is 0.839 bits per heavy atom. The van der Waals surface area contributed by atoms with Gasteiger partial charge >= 0.3 is 0 Å². The van der Waals surface area contributed by atoms with Crippen LogP contribution in [0.25, 0.3) is 0 Å². The zero-order valence-corrected chi connectivity index (χ0v) is 17.7. The highest BCUT2D eigenvalue weighted by atomic mass is 16.6. The number of ether oxygens (including phenoxy) is 2. The molecule has 0 saturated carbocycles. The van der Waals surface area contributed by atoms with Gasteiger partial charge in [-0.15, -0.1) is 0 Å². The van der Waals surface area contributed by atoms with E-state index in [1.54, 1.807) is 0 Å². The summed E-state index contributed by atoms with van der Waals surface area (Å²) in [5.41, 5.74) is 3.32. The second-order valence-corrected chi connectivity index (χ2v) is 8.43. The van der Waals surface area contributed by atoms with E-state index >= 15 is 0 Å². The molecule has 0 spiro atoms. The molecule has 0 bridgehead atoms. The number of hydrogen-bond donors (Lipinski definition) is 1. The molecule has 2 aliphatic rings. The summed E-state index contributed by atoms with van der Waals surface area (Å²) in [6, 6.07) is 26.5. The average molecular weight is 416 g/mol. The molecule has 3 aromatic carbocycles. The van der Waals surface area contributed by atoms with Crippen LogP contribution >= 0.6 is 0 Å². The first-order valence-corrected chi connectivity index (χ1v) is 11.2. The Morgan fingerprint density at radius 2 is 1.55 bits per heavy atom. The van der Waals surface area contributed by atoms with Gasteiger partial charge in [0.25, 0.3) is 0 Å². The summed E-state index contributed by atoms with van der Waals surface area (Å²) >= 11 is 0. The largest absolute Gasteiger partial charge is 0.492 e. The predicted octanol–water partition coefficient (Wildman–Crippen LogP) is 4.79. The standard InChI is InChI=1S/C27H29NO3/c29-27-26(20-8-2-1-3-9-20)25(23-10-4-5-11-24(23)31-27)21-12-14-22(15-13-21)30-19-18-28-16-6-7-17-28/h1-5,8-15,25-27,29H,6-7,16-19H2. The molecule has 3 atom stereocenters. The molecule has 0 aliphatic carbocycles. The number of hydrogen-bond acceptors (Lipinski definition) is 4. The van der Waals surface area contributed by atoms with Crippen molar-refractivity contribution in [1.82, 2.24) is 4.90 Å². The quantitative estimate of drug-likeness (QED) is 0.629. The smallest absolute Gasteiger partial charge is 0.205 e. The molecule has 2 aliphatic heterocycles. The minimum atomic E-state index is -0.904. The van der Waals surface area contributed by atoms with E-state index in [2.05, 4.69) is 35.2 Å². The Labute approximate surface area is 184 Å². The van der Waals surface area contributed by atoms with Crippen molar-refractivity contribution < 1.29 is 14.6 Å². The lowest BCUT2D eigenvalue weighted by Gasteiger charge is -2.37. The van der Waals surface area contributed by atoms with Crippen molar-refractivity contribution in [1.29, 1.82) is 0 Å². The highest BCUT2D eigenvalue weighted by molar-refractivity contribution is 5.48. The summed E-state index contributed by atoms with van der Waals surface area (Å²) < 4.78 is 11.9. The lowest BCUT2D eigenvalue weighted by Crippen LogP contribution is -2.34. The molecule has 31 heavy (non-hydrogen) atoms. The second kappa shape index (κ2) is 9.13. The average Bonchev–Trinajstić information content (AvgIpc) is 3.33. The lowest BCUT2D eigenvalue weighted by molar-refractivity contribution is -0.0530. The molecular weight excluding hydrogens is 386 g/mol. The van der Waals surface area contributed by atoms with Crippen LogP contribution in [0.5, 0.6) is 11.5 Å². The highest BCUT2D eigenvalue weighted by Crippen LogP contribution is 2.48. The number of aliphatic hydroxyl groups excluding tert-OH is 1. The van der Waals surface area contributed by atoms with E-state index in [4.69, 9.17) is 9.47 Å². The van der Waals surface area contributed by atoms with Crippen LogP contribution in [0, 0.1) is 0 Å². The van der Waals surface area contributed by atoms with Crippen LogP contribution in [-0.4, -0.2) is 42.5 Å². The SMILES string of the molecule is OC1Oc2ccccc2C(c2ccc(OCCN3CCCC3)cc2)C1c1ccccc1. The third kappa shape index (κ3) is 4.32. The van der Waals surface area contributed by atoms with Gasteiger partial charge in [-0.25, -0.2) is 0 Å². The maximum Gasteiger partial charge on any atom is 0.205 e. The fourth-order valence-corrected chi connectivity index (χ4v) is 4.90. The molecule has 2 heterocycles. The zero-order valence-electron chi connectivity index (χ0n) is 17.7. The second-order valence-electron chi connectivity index (χ2n) is 8.43. The fraction of sp³-hybridized carbons (Fsp3) is 0.333. The third-order valence-electron chi connectivity index (χ3n) is 6.47. The number of rotatable bonds is 6. The third-order valence-corrected chi connectivity index (χ3v) is 6.47. The van der Waals surface area contributed by atoms with E-state index in [-0.39, 0.29) is 11.8 Å². The summed E-state index contributed by atoms with van der Waals surface area (Å²) in [5, 5.41) is 10.9. The zero-order chi connectivity index (χ0) is 21.0. The molecule has 4 heteroatoms. The normalized spacial score (nSPS) is 23.2. The molecule has 1 fully saturated rings. The molecule has 5 rings (SSSR count). The van der Waals surface area contributed by atoms with Gasteiger partial charge in [0.15, 0.2) is 0 Å². The Kier molecular flexibility index (Phi) is 5.92. The summed E-state index contributed by atoms with van der Waals surface area (Å²) in [6.07, 6.45) is 1.70. The summed E-state index contributed by atoms with van der Waals surface area (Å²) in [6.45, 7) is 4.07. The Balaban J connectivity index is 1.40. The Bertz CT molecular complexity index is 983. The molecule has 3 aromatic rings. The fourth-order valence-electron chi connectivity index (χ4n) is 4.90. The van der Waals surface area contributed by atoms with E-state index in [0.717, 1.165) is 34.7 Å². The number of para-hydroxylation sites is 1. The minimum Gasteiger partial charge on any atom is -0.492 e. The van der Waals surface area contributed by atoms with Crippen LogP contribution in [0.15, 0.2) is 78.9 Å². The number of nitrogens with zero attached hydrogens (tertiary/aromatic N) is 1. The number of aliphatic hydroxyl groups is 1. The first-order valence-electron chi connectivity index (χ1n) is 11.2. The van der Waals surface area contributed by atoms with Crippen LogP contribution in [0.4, 0.5) is 0 Å². The topological polar surface area (TPSA) is 41.9 Å². The van der Waals surface area contributed by atoms with E-state index in [9.17, 15) is 5.11 Å². The van der Waals surface area contributed by atoms with E-state index in [0.29, 0.717) is 6.61 Å². The summed E-state index contributed by atoms with van der Waals surface area (Å²) in [5.74, 6) is 1.46. The molecule has 0 amide bonds. The van der Waals surface area contributed by atoms with E-state index in [1.165, 1.54) is 25.9 Å². The first-order chi connectivity index (χ1) is 15.3. The highest BCUT2D eigenvalue weighted by Gasteiger charge is 2.39. The first kappa shape index (κ1) is 20.1. The van der Waals surface area contributed by atoms with Gasteiger partial charge in [-0.05, 0) is 55.3 Å². The van der Waals surface area contributed by atoms with Gasteiger partial charge < -0.3 is 14.6 Å². The monoisotopic (exact) mass is 415 g/mol. The van der Waals surface area contributed by atoms with Crippen LogP contribution < -0.4 is 9.47 Å². The summed E-state index contributed by atoms with van der Waals surface area (Å²) in [7, 11) is 0. The minimum absolute atomic E-state index is 0.000926. The van der Waals surface area contributed by atoms with Crippen LogP contribution in [0.1, 0.15) is 41.4 Å². The number of benzene rings is 3. The Hall–Kier alpha value is -2.82. The molecule has 160 valence electrons. The molecule has 4 nitrogen and oxygen atoms in total. The molecule has 3 unspecified atom stereocenters. The lowest BCUT2D eigenvalue weighted by atomic mass is 9.75. The van der Waals surface area contributed by atoms with Crippen molar-refractivity contribution in [3.8, 4) is 11.5 Å². The predicted molar refractivity (Wildman–Crippen MR) is 122 cm³/mol. The molecule has 0 aromatic heterocycles. The van der Waals surface area contributed by atoms with Crippen molar-refractivity contribution in [2.75, 3.05) is 26.2 Å². The Morgan fingerprint density at radius 3 is 2.32 bits per heavy atom. The van der Waals surface area contributed by atoms with Crippen molar-refractivity contribution >= 4 is 0 Å². The molecule has 1 N–H and O–H groups in total. The van der Waals surface area contributed by atoms with E-state index < -0.39 is 6.29 Å². The van der Waals surface area contributed by atoms with Gasteiger partial charge in [0.05, 0.1) is 5.92 Å². The molecule has 0 radical (unpaired) electrons. The van der Waals surface area contributed by atoms with Crippen molar-refractivity contribution in [3.05, 3.63) is 95.6 Å². The van der Waals surface area contributed by atoms with Crippen LogP contribution in [-0.2, 0) is 0 Å². The van der Waals surface area contributed by atoms with Gasteiger partial charge in [0, 0.05) is 18.0 Å². The maximum absolute atomic E-state index is 10.9. The van der Waals surface area contributed by atoms with Crippen LogP contribution in [0.3, 0.4) is 0 Å². The van der Waals surface area contributed by atoms with Gasteiger partial charge in [-0.3, -0.25) is 4.90 Å². The molecular formula is C27H29NO3. The van der Waals surface area contributed by atoms with E-state index in [1.807, 2.05) is 48.5 Å². The maximum atomic E-state index is 10.9.